The number of halogens is 1. The molecule has 2 aromatic carbocycles. The van der Waals surface area contributed by atoms with Crippen LogP contribution in [0.3, 0.4) is 0 Å². The number of carboxylic acid groups (broad SMARTS) is 1. The lowest BCUT2D eigenvalue weighted by molar-refractivity contribution is 0.0696. The van der Waals surface area contributed by atoms with Gasteiger partial charge in [0.15, 0.2) is 0 Å². The average molecular weight is 363 g/mol. The van der Waals surface area contributed by atoms with Crippen molar-refractivity contribution in [3.05, 3.63) is 58.9 Å². The molecule has 0 spiro atoms. The lowest BCUT2D eigenvalue weighted by atomic mass is 10.0. The normalized spacial score (nSPS) is 14.0. The van der Waals surface area contributed by atoms with Gasteiger partial charge in [0.2, 0.25) is 0 Å². The number of sulfonamides is 1. The minimum atomic E-state index is -4.00. The highest BCUT2D eigenvalue weighted by molar-refractivity contribution is 7.93. The van der Waals surface area contributed by atoms with Crippen molar-refractivity contribution in [1.82, 2.24) is 0 Å². The quantitative estimate of drug-likeness (QED) is 0.903. The molecule has 0 bridgehead atoms. The van der Waals surface area contributed by atoms with E-state index in [-0.39, 0.29) is 22.9 Å². The van der Waals surface area contributed by atoms with Crippen molar-refractivity contribution in [2.24, 2.45) is 0 Å². The number of benzene rings is 2. The molecule has 0 aromatic heterocycles. The predicted octanol–water partition coefficient (Wildman–Crippen LogP) is 3.40. The Bertz CT molecular complexity index is 954. The van der Waals surface area contributed by atoms with E-state index >= 15 is 0 Å². The second-order valence-corrected chi connectivity index (χ2v) is 8.14. The van der Waals surface area contributed by atoms with Crippen LogP contribution in [0, 0.1) is 5.82 Å². The maximum absolute atomic E-state index is 13.6. The molecule has 0 saturated heterocycles. The van der Waals surface area contributed by atoms with Gasteiger partial charge >= 0.3 is 5.97 Å². The van der Waals surface area contributed by atoms with Crippen LogP contribution < -0.4 is 4.31 Å². The molecular formula is C18H18FNO4S. The Kier molecular flexibility index (Phi) is 4.28. The molecule has 0 atom stereocenters. The van der Waals surface area contributed by atoms with Gasteiger partial charge in [0, 0.05) is 6.54 Å². The van der Waals surface area contributed by atoms with Crippen LogP contribution in [0.15, 0.2) is 41.3 Å². The van der Waals surface area contributed by atoms with Crippen LogP contribution in [0.4, 0.5) is 10.1 Å². The number of fused-ring (bicyclic) bond motifs is 1. The summed E-state index contributed by atoms with van der Waals surface area (Å²) in [7, 11) is -4.00. The van der Waals surface area contributed by atoms with Gasteiger partial charge in [0.05, 0.1) is 16.1 Å². The van der Waals surface area contributed by atoms with Gasteiger partial charge in [-0.1, -0.05) is 26.0 Å². The van der Waals surface area contributed by atoms with Gasteiger partial charge in [-0.3, -0.25) is 4.31 Å². The van der Waals surface area contributed by atoms with Crippen molar-refractivity contribution in [3.63, 3.8) is 0 Å². The fraction of sp³-hybridized carbons (Fsp3) is 0.278. The molecular weight excluding hydrogens is 345 g/mol. The summed E-state index contributed by atoms with van der Waals surface area (Å²) >= 11 is 0. The number of hydrogen-bond acceptors (Lipinski definition) is 3. The first-order valence-electron chi connectivity index (χ1n) is 7.90. The molecule has 7 heteroatoms. The highest BCUT2D eigenvalue weighted by Crippen LogP contribution is 2.36. The summed E-state index contributed by atoms with van der Waals surface area (Å²) in [4.78, 5) is 11.2. The molecule has 1 aliphatic heterocycles. The van der Waals surface area contributed by atoms with Crippen molar-refractivity contribution in [2.75, 3.05) is 10.8 Å². The Hall–Kier alpha value is -2.41. The molecule has 0 unspecified atom stereocenters. The Morgan fingerprint density at radius 1 is 1.20 bits per heavy atom. The number of rotatable bonds is 4. The largest absolute Gasteiger partial charge is 0.478 e. The van der Waals surface area contributed by atoms with Gasteiger partial charge in [-0.25, -0.2) is 17.6 Å². The van der Waals surface area contributed by atoms with Crippen LogP contribution in [0.5, 0.6) is 0 Å². The van der Waals surface area contributed by atoms with E-state index in [0.29, 0.717) is 17.7 Å². The van der Waals surface area contributed by atoms with E-state index in [9.17, 15) is 22.7 Å². The third kappa shape index (κ3) is 3.00. The van der Waals surface area contributed by atoms with Gasteiger partial charge in [-0.2, -0.15) is 0 Å². The summed E-state index contributed by atoms with van der Waals surface area (Å²) in [5.41, 5.74) is 1.51. The van der Waals surface area contributed by atoms with Crippen LogP contribution in [0.2, 0.25) is 0 Å². The summed E-state index contributed by atoms with van der Waals surface area (Å²) in [6.07, 6.45) is 0.491. The summed E-state index contributed by atoms with van der Waals surface area (Å²) in [5, 5.41) is 9.21. The number of hydrogen-bond donors (Lipinski definition) is 1. The molecule has 0 aliphatic carbocycles. The minimum Gasteiger partial charge on any atom is -0.478 e. The first-order valence-corrected chi connectivity index (χ1v) is 9.34. The first kappa shape index (κ1) is 17.4. The fourth-order valence-electron chi connectivity index (χ4n) is 3.06. The van der Waals surface area contributed by atoms with E-state index in [4.69, 9.17) is 0 Å². The van der Waals surface area contributed by atoms with Gasteiger partial charge in [0.1, 0.15) is 5.82 Å². The van der Waals surface area contributed by atoms with E-state index < -0.39 is 21.8 Å². The fourth-order valence-corrected chi connectivity index (χ4v) is 4.93. The van der Waals surface area contributed by atoms with Gasteiger partial charge < -0.3 is 5.11 Å². The smallest absolute Gasteiger partial charge is 0.335 e. The molecule has 0 saturated carbocycles. The third-order valence-electron chi connectivity index (χ3n) is 4.35. The van der Waals surface area contributed by atoms with Crippen molar-refractivity contribution < 1.29 is 22.7 Å². The zero-order valence-corrected chi connectivity index (χ0v) is 14.7. The molecule has 1 aliphatic rings. The third-order valence-corrected chi connectivity index (χ3v) is 6.22. The molecule has 0 radical (unpaired) electrons. The molecule has 0 amide bonds. The van der Waals surface area contributed by atoms with E-state index in [1.54, 1.807) is 6.07 Å². The van der Waals surface area contributed by atoms with Crippen LogP contribution in [0.1, 0.15) is 41.3 Å². The highest BCUT2D eigenvalue weighted by Gasteiger charge is 2.33. The van der Waals surface area contributed by atoms with Crippen LogP contribution in [0.25, 0.3) is 0 Å². The monoisotopic (exact) mass is 363 g/mol. The predicted molar refractivity (Wildman–Crippen MR) is 92.1 cm³/mol. The number of anilines is 1. The average Bonchev–Trinajstić information content (AvgIpc) is 2.97. The van der Waals surface area contributed by atoms with Crippen LogP contribution in [-0.2, 0) is 16.4 Å². The lowest BCUT2D eigenvalue weighted by Crippen LogP contribution is -2.30. The van der Waals surface area contributed by atoms with E-state index in [1.165, 1.54) is 30.3 Å². The van der Waals surface area contributed by atoms with Gasteiger partial charge in [-0.05, 0) is 47.7 Å². The lowest BCUT2D eigenvalue weighted by Gasteiger charge is -2.23. The molecule has 0 fully saturated rings. The first-order chi connectivity index (χ1) is 11.7. The van der Waals surface area contributed by atoms with Crippen LogP contribution in [-0.4, -0.2) is 26.0 Å². The number of nitrogens with zero attached hydrogens (tertiary/aromatic N) is 1. The van der Waals surface area contributed by atoms with Crippen molar-refractivity contribution in [1.29, 1.82) is 0 Å². The van der Waals surface area contributed by atoms with Crippen molar-refractivity contribution in [3.8, 4) is 0 Å². The Labute approximate surface area is 145 Å². The Morgan fingerprint density at radius 2 is 1.92 bits per heavy atom. The van der Waals surface area contributed by atoms with Gasteiger partial charge in [-0.15, -0.1) is 0 Å². The number of carboxylic acids is 1. The molecule has 1 heterocycles. The van der Waals surface area contributed by atoms with Crippen LogP contribution >= 0.6 is 0 Å². The maximum Gasteiger partial charge on any atom is 0.335 e. The topological polar surface area (TPSA) is 74.7 Å². The second-order valence-electron chi connectivity index (χ2n) is 6.31. The summed E-state index contributed by atoms with van der Waals surface area (Å²) in [6, 6.07) is 8.20. The summed E-state index contributed by atoms with van der Waals surface area (Å²) < 4.78 is 41.2. The minimum absolute atomic E-state index is 0.0421. The zero-order valence-electron chi connectivity index (χ0n) is 13.9. The number of aromatic carboxylic acids is 1. The number of carbonyl (C=O) groups is 1. The Balaban J connectivity index is 2.18. The van der Waals surface area contributed by atoms with E-state index in [2.05, 4.69) is 0 Å². The van der Waals surface area contributed by atoms with Gasteiger partial charge in [0.25, 0.3) is 10.0 Å². The standard InChI is InChI=1S/C18H18FNO4S/c1-11(2)15-6-4-13(18(21)22)9-17(15)25(23,24)20-8-7-12-3-5-14(19)10-16(12)20/h3-6,9-11H,7-8H2,1-2H3,(H,21,22). The zero-order chi connectivity index (χ0) is 18.4. The van der Waals surface area contributed by atoms with E-state index in [1.807, 2.05) is 13.8 Å². The van der Waals surface area contributed by atoms with Crippen molar-refractivity contribution in [2.45, 2.75) is 31.1 Å². The van der Waals surface area contributed by atoms with Crippen molar-refractivity contribution >= 4 is 21.7 Å². The molecule has 2 aromatic rings. The maximum atomic E-state index is 13.6. The molecule has 132 valence electrons. The molecule has 5 nitrogen and oxygen atoms in total. The highest BCUT2D eigenvalue weighted by atomic mass is 32.2. The summed E-state index contributed by atoms with van der Waals surface area (Å²) in [6.45, 7) is 3.88. The Morgan fingerprint density at radius 3 is 2.56 bits per heavy atom. The molecule has 1 N–H and O–H groups in total. The van der Waals surface area contributed by atoms with E-state index in [0.717, 1.165) is 9.87 Å². The second kappa shape index (κ2) is 6.15. The molecule has 25 heavy (non-hydrogen) atoms. The molecule has 3 rings (SSSR count). The summed E-state index contributed by atoms with van der Waals surface area (Å²) in [5.74, 6) is -1.81. The SMILES string of the molecule is CC(C)c1ccc(C(=O)O)cc1S(=O)(=O)N1CCc2ccc(F)cc21.